The average molecular weight is 443 g/mol. The van der Waals surface area contributed by atoms with Crippen LogP contribution in [0.1, 0.15) is 30.5 Å². The largest absolute Gasteiger partial charge is 0.507 e. The molecule has 0 bridgehead atoms. The number of aliphatic hydroxyl groups excluding tert-OH is 1. The minimum atomic E-state index is -0.692. The van der Waals surface area contributed by atoms with Gasteiger partial charge in [0.25, 0.3) is 11.7 Å². The quantitative estimate of drug-likeness (QED) is 0.378. The Kier molecular flexibility index (Phi) is 7.36. The number of aliphatic hydroxyl groups is 1. The Morgan fingerprint density at radius 3 is 2.32 bits per heavy atom. The van der Waals surface area contributed by atoms with Gasteiger partial charge in [0.1, 0.15) is 11.5 Å². The molecule has 7 heteroatoms. The van der Waals surface area contributed by atoms with Gasteiger partial charge in [0.05, 0.1) is 18.2 Å². The molecular formula is C24H27ClN2O4. The van der Waals surface area contributed by atoms with Gasteiger partial charge in [0, 0.05) is 23.7 Å². The number of amides is 1. The maximum atomic E-state index is 13.0. The molecule has 3 rings (SSSR count). The van der Waals surface area contributed by atoms with E-state index in [1.54, 1.807) is 48.5 Å². The Labute approximate surface area is 187 Å². The smallest absolute Gasteiger partial charge is 0.295 e. The Morgan fingerprint density at radius 1 is 1.10 bits per heavy atom. The maximum absolute atomic E-state index is 13.0. The van der Waals surface area contributed by atoms with Crippen LogP contribution in [0.25, 0.3) is 5.76 Å². The summed E-state index contributed by atoms with van der Waals surface area (Å²) in [7, 11) is 3.80. The molecule has 0 unspecified atom stereocenters. The van der Waals surface area contributed by atoms with Crippen molar-refractivity contribution >= 4 is 29.1 Å². The predicted octanol–water partition coefficient (Wildman–Crippen LogP) is 4.11. The number of halogens is 1. The van der Waals surface area contributed by atoms with Crippen molar-refractivity contribution in [2.24, 2.45) is 0 Å². The van der Waals surface area contributed by atoms with E-state index in [0.29, 0.717) is 41.6 Å². The first kappa shape index (κ1) is 22.8. The first-order chi connectivity index (χ1) is 14.8. The number of nitrogens with zero attached hydrogens (tertiary/aromatic N) is 2. The third-order valence-electron chi connectivity index (χ3n) is 5.11. The van der Waals surface area contributed by atoms with E-state index in [1.165, 1.54) is 4.90 Å². The summed E-state index contributed by atoms with van der Waals surface area (Å²) in [5.41, 5.74) is 1.24. The topological polar surface area (TPSA) is 70.1 Å². The van der Waals surface area contributed by atoms with Crippen molar-refractivity contribution in [1.82, 2.24) is 9.80 Å². The van der Waals surface area contributed by atoms with Gasteiger partial charge in [0.15, 0.2) is 0 Å². The number of ether oxygens (including phenoxy) is 1. The van der Waals surface area contributed by atoms with Crippen molar-refractivity contribution < 1.29 is 19.4 Å². The molecule has 0 aliphatic carbocycles. The van der Waals surface area contributed by atoms with Crippen LogP contribution in [0.2, 0.25) is 5.02 Å². The van der Waals surface area contributed by atoms with Crippen molar-refractivity contribution in [3.8, 4) is 5.75 Å². The lowest BCUT2D eigenvalue weighted by molar-refractivity contribution is -0.140. The molecule has 1 heterocycles. The van der Waals surface area contributed by atoms with Gasteiger partial charge in [-0.05, 0) is 62.5 Å². The van der Waals surface area contributed by atoms with E-state index in [9.17, 15) is 14.7 Å². The Balaban J connectivity index is 2.04. The molecule has 0 aromatic heterocycles. The van der Waals surface area contributed by atoms with Crippen LogP contribution in [-0.4, -0.2) is 60.4 Å². The van der Waals surface area contributed by atoms with Crippen LogP contribution in [0.3, 0.4) is 0 Å². The highest BCUT2D eigenvalue weighted by Gasteiger charge is 2.45. The van der Waals surface area contributed by atoms with E-state index < -0.39 is 17.7 Å². The summed E-state index contributed by atoms with van der Waals surface area (Å²) in [6.45, 7) is 3.55. The van der Waals surface area contributed by atoms with E-state index in [-0.39, 0.29) is 11.3 Å². The molecule has 0 radical (unpaired) electrons. The summed E-state index contributed by atoms with van der Waals surface area (Å²) in [4.78, 5) is 29.3. The number of carbonyl (C=O) groups excluding carboxylic acids is 2. The van der Waals surface area contributed by atoms with Crippen LogP contribution in [0, 0.1) is 0 Å². The maximum Gasteiger partial charge on any atom is 0.295 e. The van der Waals surface area contributed by atoms with Gasteiger partial charge in [-0.3, -0.25) is 9.59 Å². The summed E-state index contributed by atoms with van der Waals surface area (Å²) in [5.74, 6) is -0.833. The second-order valence-electron chi connectivity index (χ2n) is 7.72. The molecule has 1 aliphatic heterocycles. The first-order valence-corrected chi connectivity index (χ1v) is 10.6. The van der Waals surface area contributed by atoms with E-state index in [1.807, 2.05) is 25.9 Å². The van der Waals surface area contributed by atoms with Crippen molar-refractivity contribution in [3.63, 3.8) is 0 Å². The van der Waals surface area contributed by atoms with Crippen LogP contribution in [0.15, 0.2) is 54.1 Å². The number of benzene rings is 2. The van der Waals surface area contributed by atoms with Crippen LogP contribution in [-0.2, 0) is 9.59 Å². The van der Waals surface area contributed by atoms with E-state index in [4.69, 9.17) is 16.3 Å². The lowest BCUT2D eigenvalue weighted by Crippen LogP contribution is -2.35. The second kappa shape index (κ2) is 9.98. The minimum absolute atomic E-state index is 0.0771. The number of likely N-dealkylation sites (N-methyl/N-ethyl adjacent to an activating group) is 1. The van der Waals surface area contributed by atoms with Gasteiger partial charge in [-0.15, -0.1) is 0 Å². The van der Waals surface area contributed by atoms with Gasteiger partial charge >= 0.3 is 0 Å². The van der Waals surface area contributed by atoms with E-state index >= 15 is 0 Å². The first-order valence-electron chi connectivity index (χ1n) is 10.2. The Morgan fingerprint density at radius 2 is 1.74 bits per heavy atom. The molecule has 164 valence electrons. The number of hydrogen-bond donors (Lipinski definition) is 1. The Bertz CT molecular complexity index is 968. The zero-order valence-electron chi connectivity index (χ0n) is 18.0. The van der Waals surface area contributed by atoms with Gasteiger partial charge in [-0.2, -0.15) is 0 Å². The summed E-state index contributed by atoms with van der Waals surface area (Å²) >= 11 is 6.03. The standard InChI is InChI=1S/C24H27ClN2O4/c1-4-15-31-19-11-7-17(8-12-19)22(28)20-21(16-5-9-18(25)10-6-16)27(14-13-26(2)3)24(30)23(20)29/h5-12,21,28H,4,13-15H2,1-3H3/b22-20+/t21-/m0/s1. The number of hydrogen-bond acceptors (Lipinski definition) is 5. The molecule has 2 aromatic carbocycles. The normalized spacial score (nSPS) is 18.1. The molecular weight excluding hydrogens is 416 g/mol. The fourth-order valence-electron chi connectivity index (χ4n) is 3.49. The fraction of sp³-hybridized carbons (Fsp3) is 0.333. The molecule has 1 atom stereocenters. The van der Waals surface area contributed by atoms with Crippen molar-refractivity contribution in [1.29, 1.82) is 0 Å². The lowest BCUT2D eigenvalue weighted by atomic mass is 9.95. The van der Waals surface area contributed by atoms with E-state index in [0.717, 1.165) is 6.42 Å². The fourth-order valence-corrected chi connectivity index (χ4v) is 3.62. The molecule has 2 aromatic rings. The van der Waals surface area contributed by atoms with Crippen LogP contribution in [0.5, 0.6) is 5.75 Å². The van der Waals surface area contributed by atoms with E-state index in [2.05, 4.69) is 0 Å². The Hall–Kier alpha value is -2.83. The molecule has 1 saturated heterocycles. The average Bonchev–Trinajstić information content (AvgIpc) is 3.01. The summed E-state index contributed by atoms with van der Waals surface area (Å²) in [6.07, 6.45) is 0.888. The highest BCUT2D eigenvalue weighted by Crippen LogP contribution is 2.39. The molecule has 1 fully saturated rings. The number of likely N-dealkylation sites (tertiary alicyclic amines) is 1. The molecule has 1 N–H and O–H groups in total. The highest BCUT2D eigenvalue weighted by molar-refractivity contribution is 6.46. The zero-order valence-corrected chi connectivity index (χ0v) is 18.7. The number of Topliss-reactive ketones (excluding diaryl/α,β-unsaturated/α-hetero) is 1. The van der Waals surface area contributed by atoms with Gasteiger partial charge in [-0.1, -0.05) is 30.7 Å². The molecule has 6 nitrogen and oxygen atoms in total. The molecule has 1 aliphatic rings. The van der Waals surface area contributed by atoms with Crippen molar-refractivity contribution in [2.45, 2.75) is 19.4 Å². The van der Waals surface area contributed by atoms with Crippen molar-refractivity contribution in [2.75, 3.05) is 33.8 Å². The van der Waals surface area contributed by atoms with Crippen LogP contribution >= 0.6 is 11.6 Å². The third-order valence-corrected chi connectivity index (χ3v) is 5.37. The lowest BCUT2D eigenvalue weighted by Gasteiger charge is -2.26. The van der Waals surface area contributed by atoms with Gasteiger partial charge in [0.2, 0.25) is 0 Å². The van der Waals surface area contributed by atoms with Crippen molar-refractivity contribution in [3.05, 3.63) is 70.3 Å². The molecule has 0 spiro atoms. The number of carbonyl (C=O) groups is 2. The van der Waals surface area contributed by atoms with Crippen LogP contribution in [0.4, 0.5) is 0 Å². The summed E-state index contributed by atoms with van der Waals surface area (Å²) < 4.78 is 5.58. The summed E-state index contributed by atoms with van der Waals surface area (Å²) in [5, 5.41) is 11.6. The molecule has 0 saturated carbocycles. The second-order valence-corrected chi connectivity index (χ2v) is 8.16. The monoisotopic (exact) mass is 442 g/mol. The third kappa shape index (κ3) is 5.09. The minimum Gasteiger partial charge on any atom is -0.507 e. The highest BCUT2D eigenvalue weighted by atomic mass is 35.5. The van der Waals surface area contributed by atoms with Crippen LogP contribution < -0.4 is 4.74 Å². The number of ketones is 1. The molecule has 31 heavy (non-hydrogen) atoms. The number of rotatable bonds is 8. The predicted molar refractivity (Wildman–Crippen MR) is 121 cm³/mol. The summed E-state index contributed by atoms with van der Waals surface area (Å²) in [6, 6.07) is 13.1. The van der Waals surface area contributed by atoms with Gasteiger partial charge in [-0.25, -0.2) is 0 Å². The SMILES string of the molecule is CCCOc1ccc(/C(O)=C2\C(=O)C(=O)N(CCN(C)C)[C@H]2c2ccc(Cl)cc2)cc1. The zero-order chi connectivity index (χ0) is 22.5. The molecule has 1 amide bonds. The van der Waals surface area contributed by atoms with Gasteiger partial charge < -0.3 is 19.6 Å².